The number of aliphatic hydroxyl groups excluding tert-OH is 1. The summed E-state index contributed by atoms with van der Waals surface area (Å²) in [5.41, 5.74) is -0.666. The Hall–Kier alpha value is -3.12. The van der Waals surface area contributed by atoms with Gasteiger partial charge in [-0.15, -0.1) is 6.58 Å². The van der Waals surface area contributed by atoms with E-state index in [9.17, 15) is 33.6 Å². The minimum absolute atomic E-state index is 0.00212. The van der Waals surface area contributed by atoms with E-state index in [4.69, 9.17) is 27.8 Å². The van der Waals surface area contributed by atoms with E-state index in [0.29, 0.717) is 51.9 Å². The van der Waals surface area contributed by atoms with Crippen LogP contribution in [-0.4, -0.2) is 124 Å². The Morgan fingerprint density at radius 2 is 0.636 bits per heavy atom. The summed E-state index contributed by atoms with van der Waals surface area (Å²) in [6.45, 7) is 23.1. The number of carbonyl (C=O) groups excluding carboxylic acids is 5. The molecule has 5 atom stereocenters. The smallest absolute Gasteiger partial charge is 0.444 e. The van der Waals surface area contributed by atoms with Crippen molar-refractivity contribution in [1.82, 2.24) is 26.6 Å². The van der Waals surface area contributed by atoms with Crippen LogP contribution in [0.1, 0.15) is 435 Å². The number of unbranched alkanes of at least 4 members (excludes halogenated alkanes) is 44. The minimum Gasteiger partial charge on any atom is -0.444 e. The maximum absolute atomic E-state index is 13.6. The Morgan fingerprint density at radius 3 is 0.935 bits per heavy atom. The zero-order valence-electron chi connectivity index (χ0n) is 71.3. The van der Waals surface area contributed by atoms with E-state index < -0.39 is 25.6 Å². The molecule has 0 aromatic rings. The van der Waals surface area contributed by atoms with Crippen LogP contribution in [0.15, 0.2) is 12.7 Å². The molecular formula is C88H174N5O13P. The maximum atomic E-state index is 13.6. The highest BCUT2D eigenvalue weighted by Gasteiger charge is 2.29. The van der Waals surface area contributed by atoms with Gasteiger partial charge in [0.1, 0.15) is 5.60 Å². The Balaban J connectivity index is 0. The van der Waals surface area contributed by atoms with E-state index in [1.54, 1.807) is 20.8 Å². The van der Waals surface area contributed by atoms with E-state index >= 15 is 0 Å². The predicted molar refractivity (Wildman–Crippen MR) is 448 cm³/mol. The third-order valence-corrected chi connectivity index (χ3v) is 21.1. The molecule has 6 N–H and O–H groups in total. The minimum atomic E-state index is -4.11. The van der Waals surface area contributed by atoms with Crippen molar-refractivity contribution in [1.29, 1.82) is 0 Å². The van der Waals surface area contributed by atoms with Crippen LogP contribution in [-0.2, 0) is 51.5 Å². The van der Waals surface area contributed by atoms with Crippen LogP contribution in [0.3, 0.4) is 0 Å². The lowest BCUT2D eigenvalue weighted by molar-refractivity contribution is -0.123. The zero-order chi connectivity index (χ0) is 79.1. The normalized spacial score (nSPS) is 13.2. The van der Waals surface area contributed by atoms with Gasteiger partial charge in [-0.3, -0.25) is 32.7 Å². The van der Waals surface area contributed by atoms with Gasteiger partial charge < -0.3 is 45.9 Å². The van der Waals surface area contributed by atoms with E-state index in [2.05, 4.69) is 74.7 Å². The highest BCUT2D eigenvalue weighted by Crippen LogP contribution is 2.49. The fourth-order valence-electron chi connectivity index (χ4n) is 13.1. The number of carbonyl (C=O) groups is 5. The monoisotopic (exact) mass is 1540 g/mol. The van der Waals surface area contributed by atoms with E-state index in [0.717, 1.165) is 96.3 Å². The third-order valence-electron chi connectivity index (χ3n) is 19.7. The second-order valence-electron chi connectivity index (χ2n) is 31.7. The molecule has 0 rings (SSSR count). The summed E-state index contributed by atoms with van der Waals surface area (Å²) in [6.07, 6.45) is 67.2. The number of aliphatic hydroxyl groups is 1. The summed E-state index contributed by atoms with van der Waals surface area (Å²) in [6, 6.07) is -0.879. The van der Waals surface area contributed by atoms with Crippen molar-refractivity contribution >= 4 is 37.5 Å². The number of hydrogen-bond donors (Lipinski definition) is 6. The number of ether oxygens (including phenoxy) is 3. The molecule has 19 heteroatoms. The summed E-state index contributed by atoms with van der Waals surface area (Å²) in [7, 11) is -4.11. The number of alkyl carbamates (subject to hydrolysis) is 1. The topological polar surface area (TPSA) is 238 Å². The first-order valence-corrected chi connectivity index (χ1v) is 46.5. The van der Waals surface area contributed by atoms with Crippen molar-refractivity contribution in [2.45, 2.75) is 464 Å². The molecule has 0 fully saturated rings. The Kier molecular flexibility index (Phi) is 80.1. The lowest BCUT2D eigenvalue weighted by Gasteiger charge is -2.24. The molecule has 0 aliphatic rings. The van der Waals surface area contributed by atoms with Crippen molar-refractivity contribution < 1.29 is 61.4 Å². The first-order chi connectivity index (χ1) is 51.9. The van der Waals surface area contributed by atoms with Gasteiger partial charge in [-0.2, -0.15) is 0 Å². The summed E-state index contributed by atoms with van der Waals surface area (Å²) < 4.78 is 47.6. The molecule has 0 aliphatic heterocycles. The van der Waals surface area contributed by atoms with Crippen LogP contribution < -0.4 is 26.6 Å². The summed E-state index contributed by atoms with van der Waals surface area (Å²) in [5, 5.41) is 24.9. The Morgan fingerprint density at radius 1 is 0.355 bits per heavy atom. The molecule has 0 aromatic heterocycles. The molecule has 0 aliphatic carbocycles. The first-order valence-electron chi connectivity index (χ1n) is 45.0. The summed E-state index contributed by atoms with van der Waals surface area (Å²) in [4.78, 5) is 63.3. The quantitative estimate of drug-likeness (QED) is 0.0189. The molecule has 0 saturated heterocycles. The lowest BCUT2D eigenvalue weighted by Crippen LogP contribution is -2.42. The van der Waals surface area contributed by atoms with Crippen LogP contribution in [0.5, 0.6) is 0 Å². The highest BCUT2D eigenvalue weighted by molar-refractivity contribution is 7.48. The number of hydrogen-bond acceptors (Lipinski definition) is 13. The molecule has 0 spiro atoms. The molecule has 18 nitrogen and oxygen atoms in total. The van der Waals surface area contributed by atoms with Gasteiger partial charge in [0, 0.05) is 57.5 Å². The molecule has 0 saturated carbocycles. The average Bonchev–Trinajstić information content (AvgIpc) is 0.882. The molecule has 634 valence electrons. The Labute approximate surface area is 658 Å². The third kappa shape index (κ3) is 79.3. The largest absolute Gasteiger partial charge is 0.475 e. The standard InChI is InChI=1S/C49H96N3O9P.C39H78N2O4/c1-8-12-15-18-20-22-23-25-27-30-33-36-47(54)52-45(43-60-62(56,58-39-11-4)59-41-38-50-48(55)61-49(5,6)7)42-57-40-37-44(34-31-28-17-14-10-3)51-46(53)35-32-29-26-24-21-19-16-13-9-2;1-4-7-10-13-15-17-18-20-22-25-28-31-39(44)41-37(34-42)35-45-33-32-36(29-26-23-12-9-6-3)40-38(43)30-27-24-21-19-16-14-11-8-5-2/h11,44-45H,4,8-10,12-43H2,1-3,5-7H3,(H,50,55)(H,51,53)(H,52,54);36-37,42H,4-35H2,1-3H3,(H,40,43)(H,41,44)/t44-,45+,62?;36-,37-/m00/s1. The molecule has 1 unspecified atom stereocenters. The fourth-order valence-corrected chi connectivity index (χ4v) is 14.3. The lowest BCUT2D eigenvalue weighted by atomic mass is 10.0. The molecular weight excluding hydrogens is 1370 g/mol. The average molecular weight is 1540 g/mol. The van der Waals surface area contributed by atoms with Crippen LogP contribution in [0, 0.1) is 0 Å². The predicted octanol–water partition coefficient (Wildman–Crippen LogP) is 23.6. The number of phosphoric acid groups is 1. The second-order valence-corrected chi connectivity index (χ2v) is 33.4. The Bertz CT molecular complexity index is 2030. The van der Waals surface area contributed by atoms with E-state index in [-0.39, 0.29) is 81.3 Å². The van der Waals surface area contributed by atoms with Gasteiger partial charge in [0.25, 0.3) is 0 Å². The SMILES string of the molecule is C=CCOP(=O)(OCCNC(=O)OC(C)(C)C)OC[C@@H](COCC[C@H](CCCCCCC)NC(=O)CCCCCCCCCCC)NC(=O)CCCCCCCCCCCCC.CCCCCCCCCCCCCC(=O)N[C@@H](CO)COCC[C@H](CCCCCCC)NC(=O)CCCCCCCCCCC. The van der Waals surface area contributed by atoms with Crippen LogP contribution >= 0.6 is 7.82 Å². The second kappa shape index (κ2) is 80.9. The fraction of sp³-hybridized carbons (Fsp3) is 0.920. The van der Waals surface area contributed by atoms with Gasteiger partial charge in [0.15, 0.2) is 0 Å². The van der Waals surface area contributed by atoms with Gasteiger partial charge >= 0.3 is 13.9 Å². The first kappa shape index (κ1) is 106. The van der Waals surface area contributed by atoms with Crippen molar-refractivity contribution in [3.63, 3.8) is 0 Å². The van der Waals surface area contributed by atoms with Gasteiger partial charge in [-0.05, 0) is 72.1 Å². The summed E-state index contributed by atoms with van der Waals surface area (Å²) in [5.74, 6) is 0.141. The van der Waals surface area contributed by atoms with Gasteiger partial charge in [0.05, 0.1) is 51.7 Å². The number of nitrogens with one attached hydrogen (secondary N) is 5. The molecule has 5 amide bonds. The van der Waals surface area contributed by atoms with E-state index in [1.165, 1.54) is 250 Å². The van der Waals surface area contributed by atoms with Crippen molar-refractivity contribution in [3.8, 4) is 0 Å². The number of amides is 5. The maximum Gasteiger partial charge on any atom is 0.475 e. The van der Waals surface area contributed by atoms with Gasteiger partial charge in [0.2, 0.25) is 23.6 Å². The molecule has 107 heavy (non-hydrogen) atoms. The summed E-state index contributed by atoms with van der Waals surface area (Å²) >= 11 is 0. The van der Waals surface area contributed by atoms with Crippen LogP contribution in [0.25, 0.3) is 0 Å². The van der Waals surface area contributed by atoms with Crippen LogP contribution in [0.2, 0.25) is 0 Å². The number of rotatable bonds is 81. The van der Waals surface area contributed by atoms with Crippen molar-refractivity contribution in [2.75, 3.05) is 59.4 Å². The molecule has 0 heterocycles. The number of phosphoric ester groups is 1. The highest BCUT2D eigenvalue weighted by atomic mass is 31.2. The zero-order valence-corrected chi connectivity index (χ0v) is 72.2. The van der Waals surface area contributed by atoms with Crippen molar-refractivity contribution in [3.05, 3.63) is 12.7 Å². The van der Waals surface area contributed by atoms with E-state index in [1.807, 2.05) is 0 Å². The van der Waals surface area contributed by atoms with Gasteiger partial charge in [-0.1, -0.05) is 343 Å². The molecule has 0 aromatic carbocycles. The molecule has 0 radical (unpaired) electrons. The van der Waals surface area contributed by atoms with Gasteiger partial charge in [-0.25, -0.2) is 9.36 Å². The van der Waals surface area contributed by atoms with Crippen molar-refractivity contribution in [2.24, 2.45) is 0 Å². The van der Waals surface area contributed by atoms with Crippen LogP contribution in [0.4, 0.5) is 4.79 Å². The molecule has 0 bridgehead atoms.